The summed E-state index contributed by atoms with van der Waals surface area (Å²) in [5, 5.41) is 11.4. The lowest BCUT2D eigenvalue weighted by atomic mass is 9.98. The van der Waals surface area contributed by atoms with Gasteiger partial charge in [0.25, 0.3) is 0 Å². The van der Waals surface area contributed by atoms with E-state index in [-0.39, 0.29) is 18.1 Å². The van der Waals surface area contributed by atoms with Crippen LogP contribution in [0.4, 0.5) is 0 Å². The van der Waals surface area contributed by atoms with Crippen LogP contribution in [-0.4, -0.2) is 55.0 Å². The number of amides is 1. The highest BCUT2D eigenvalue weighted by Gasteiger charge is 2.24. The van der Waals surface area contributed by atoms with Crippen molar-refractivity contribution < 1.29 is 23.1 Å². The number of carbonyl (C=O) groups excluding carboxylic acids is 1. The van der Waals surface area contributed by atoms with Crippen molar-refractivity contribution >= 4 is 33.5 Å². The Morgan fingerprint density at radius 1 is 1.35 bits per heavy atom. The molecule has 20 heavy (non-hydrogen) atoms. The van der Waals surface area contributed by atoms with E-state index in [0.717, 1.165) is 30.6 Å². The van der Waals surface area contributed by atoms with Gasteiger partial charge in [0.15, 0.2) is 0 Å². The third-order valence-electron chi connectivity index (χ3n) is 3.23. The third kappa shape index (κ3) is 7.14. The Morgan fingerprint density at radius 2 is 1.95 bits per heavy atom. The molecule has 0 aromatic rings. The standard InChI is InChI=1S/C12H21NO5S2/c1-20(17,18)7-4-10(12(15)16)13-11(14)8-9-2-5-19-6-3-9/h9-10H,2-8H2,1H3,(H,13,14)(H,15,16). The monoisotopic (exact) mass is 323 g/mol. The number of sulfone groups is 1. The Labute approximate surface area is 123 Å². The number of aliphatic carboxylic acids is 1. The summed E-state index contributed by atoms with van der Waals surface area (Å²) in [6, 6.07) is -1.13. The van der Waals surface area contributed by atoms with Gasteiger partial charge < -0.3 is 10.4 Å². The fourth-order valence-corrected chi connectivity index (χ4v) is 3.92. The van der Waals surface area contributed by atoms with Crippen molar-refractivity contribution in [3.8, 4) is 0 Å². The minimum atomic E-state index is -3.23. The van der Waals surface area contributed by atoms with Crippen LogP contribution < -0.4 is 5.32 Å². The lowest BCUT2D eigenvalue weighted by Crippen LogP contribution is -2.42. The van der Waals surface area contributed by atoms with Crippen molar-refractivity contribution in [2.45, 2.75) is 31.7 Å². The Kier molecular flexibility index (Phi) is 6.81. The first-order valence-electron chi connectivity index (χ1n) is 6.55. The van der Waals surface area contributed by atoms with E-state index in [2.05, 4.69) is 5.32 Å². The molecule has 0 radical (unpaired) electrons. The van der Waals surface area contributed by atoms with Crippen molar-refractivity contribution in [1.82, 2.24) is 5.32 Å². The van der Waals surface area contributed by atoms with Crippen molar-refractivity contribution in [3.05, 3.63) is 0 Å². The third-order valence-corrected chi connectivity index (χ3v) is 5.25. The summed E-state index contributed by atoms with van der Waals surface area (Å²) < 4.78 is 22.1. The Bertz CT molecular complexity index is 443. The molecular weight excluding hydrogens is 302 g/mol. The number of carboxylic acids is 1. The quantitative estimate of drug-likeness (QED) is 0.708. The van der Waals surface area contributed by atoms with Crippen LogP contribution in [0.1, 0.15) is 25.7 Å². The van der Waals surface area contributed by atoms with Gasteiger partial charge in [0.05, 0.1) is 5.75 Å². The van der Waals surface area contributed by atoms with E-state index in [4.69, 9.17) is 5.11 Å². The minimum absolute atomic E-state index is 0.0968. The van der Waals surface area contributed by atoms with Gasteiger partial charge in [-0.05, 0) is 36.7 Å². The highest BCUT2D eigenvalue weighted by Crippen LogP contribution is 2.25. The zero-order valence-electron chi connectivity index (χ0n) is 11.5. The van der Waals surface area contributed by atoms with Gasteiger partial charge in [-0.3, -0.25) is 4.79 Å². The first-order valence-corrected chi connectivity index (χ1v) is 9.77. The molecule has 1 unspecified atom stereocenters. The summed E-state index contributed by atoms with van der Waals surface area (Å²) in [5.41, 5.74) is 0. The predicted octanol–water partition coefficient (Wildman–Crippen LogP) is 0.524. The van der Waals surface area contributed by atoms with E-state index < -0.39 is 21.8 Å². The topological polar surface area (TPSA) is 101 Å². The largest absolute Gasteiger partial charge is 0.480 e. The van der Waals surface area contributed by atoms with Crippen LogP contribution in [0.15, 0.2) is 0 Å². The fraction of sp³-hybridized carbons (Fsp3) is 0.833. The van der Waals surface area contributed by atoms with Gasteiger partial charge in [0.1, 0.15) is 15.9 Å². The fourth-order valence-electron chi connectivity index (χ4n) is 2.06. The molecule has 0 aliphatic carbocycles. The number of hydrogen-bond donors (Lipinski definition) is 2. The Morgan fingerprint density at radius 3 is 2.45 bits per heavy atom. The van der Waals surface area contributed by atoms with Crippen LogP contribution in [0.2, 0.25) is 0 Å². The number of rotatable bonds is 7. The smallest absolute Gasteiger partial charge is 0.326 e. The maximum atomic E-state index is 11.8. The van der Waals surface area contributed by atoms with Crippen LogP contribution in [0.5, 0.6) is 0 Å². The molecule has 1 heterocycles. The van der Waals surface area contributed by atoms with E-state index in [1.165, 1.54) is 0 Å². The molecule has 0 aromatic carbocycles. The summed E-state index contributed by atoms with van der Waals surface area (Å²) in [6.07, 6.45) is 3.22. The van der Waals surface area contributed by atoms with Crippen molar-refractivity contribution in [3.63, 3.8) is 0 Å². The molecule has 1 rings (SSSR count). The number of carboxylic acid groups (broad SMARTS) is 1. The first-order chi connectivity index (χ1) is 9.28. The first kappa shape index (κ1) is 17.3. The van der Waals surface area contributed by atoms with Crippen molar-refractivity contribution in [2.75, 3.05) is 23.5 Å². The maximum absolute atomic E-state index is 11.8. The summed E-state index contributed by atoms with van der Waals surface area (Å²) in [6.45, 7) is 0. The number of thioether (sulfide) groups is 1. The molecule has 0 saturated carbocycles. The summed E-state index contributed by atoms with van der Waals surface area (Å²) >= 11 is 1.86. The van der Waals surface area contributed by atoms with Gasteiger partial charge in [-0.1, -0.05) is 0 Å². The molecule has 6 nitrogen and oxygen atoms in total. The molecule has 1 atom stereocenters. The number of nitrogens with one attached hydrogen (secondary N) is 1. The van der Waals surface area contributed by atoms with Gasteiger partial charge >= 0.3 is 5.97 Å². The molecule has 0 aromatic heterocycles. The molecule has 116 valence electrons. The van der Waals surface area contributed by atoms with Crippen LogP contribution in [0, 0.1) is 5.92 Å². The van der Waals surface area contributed by atoms with E-state index in [9.17, 15) is 18.0 Å². The SMILES string of the molecule is CS(=O)(=O)CCC(NC(=O)CC1CCSCC1)C(=O)O. The molecule has 1 aliphatic heterocycles. The van der Waals surface area contributed by atoms with E-state index >= 15 is 0 Å². The second-order valence-corrected chi connectivity index (χ2v) is 8.62. The average Bonchev–Trinajstić information content (AvgIpc) is 2.34. The highest BCUT2D eigenvalue weighted by atomic mass is 32.2. The number of hydrogen-bond acceptors (Lipinski definition) is 5. The van der Waals surface area contributed by atoms with Crippen LogP contribution in [0.3, 0.4) is 0 Å². The molecule has 1 fully saturated rings. The molecule has 2 N–H and O–H groups in total. The average molecular weight is 323 g/mol. The lowest BCUT2D eigenvalue weighted by molar-refractivity contribution is -0.142. The Balaban J connectivity index is 2.43. The molecule has 1 aliphatic rings. The van der Waals surface area contributed by atoms with Gasteiger partial charge in [0, 0.05) is 12.7 Å². The van der Waals surface area contributed by atoms with Crippen molar-refractivity contribution in [1.29, 1.82) is 0 Å². The van der Waals surface area contributed by atoms with E-state index in [1.807, 2.05) is 11.8 Å². The summed E-state index contributed by atoms with van der Waals surface area (Å²) in [7, 11) is -3.23. The molecule has 1 saturated heterocycles. The highest BCUT2D eigenvalue weighted by molar-refractivity contribution is 7.99. The van der Waals surface area contributed by atoms with Crippen LogP contribution in [-0.2, 0) is 19.4 Å². The lowest BCUT2D eigenvalue weighted by Gasteiger charge is -2.22. The molecule has 0 spiro atoms. The van der Waals surface area contributed by atoms with Gasteiger partial charge in [-0.25, -0.2) is 13.2 Å². The molecule has 8 heteroatoms. The Hall–Kier alpha value is -0.760. The zero-order chi connectivity index (χ0) is 15.2. The zero-order valence-corrected chi connectivity index (χ0v) is 13.1. The number of carbonyl (C=O) groups is 2. The van der Waals surface area contributed by atoms with Gasteiger partial charge in [-0.15, -0.1) is 0 Å². The van der Waals surface area contributed by atoms with Gasteiger partial charge in [0.2, 0.25) is 5.91 Å². The molecule has 0 bridgehead atoms. The van der Waals surface area contributed by atoms with Crippen LogP contribution >= 0.6 is 11.8 Å². The summed E-state index contributed by atoms with van der Waals surface area (Å²) in [4.78, 5) is 22.9. The van der Waals surface area contributed by atoms with Gasteiger partial charge in [-0.2, -0.15) is 11.8 Å². The molecular formula is C12H21NO5S2. The second-order valence-electron chi connectivity index (χ2n) is 5.14. The van der Waals surface area contributed by atoms with E-state index in [1.54, 1.807) is 0 Å². The molecule has 1 amide bonds. The van der Waals surface area contributed by atoms with E-state index in [0.29, 0.717) is 12.3 Å². The second kappa shape index (κ2) is 7.87. The minimum Gasteiger partial charge on any atom is -0.480 e. The normalized spacial score (nSPS) is 18.4. The predicted molar refractivity (Wildman–Crippen MR) is 78.6 cm³/mol. The van der Waals surface area contributed by atoms with Crippen LogP contribution in [0.25, 0.3) is 0 Å². The summed E-state index contributed by atoms with van der Waals surface area (Å²) in [5.74, 6) is 0.636. The maximum Gasteiger partial charge on any atom is 0.326 e. The van der Waals surface area contributed by atoms with Crippen molar-refractivity contribution in [2.24, 2.45) is 5.92 Å².